The van der Waals surface area contributed by atoms with Gasteiger partial charge < -0.3 is 10.1 Å². The zero-order valence-electron chi connectivity index (χ0n) is 12.1. The molecule has 0 amide bonds. The quantitative estimate of drug-likeness (QED) is 0.879. The van der Waals surface area contributed by atoms with Crippen LogP contribution in [-0.4, -0.2) is 20.2 Å². The van der Waals surface area contributed by atoms with E-state index in [4.69, 9.17) is 4.74 Å². The number of nitrogens with one attached hydrogen (secondary N) is 1. The molecule has 0 saturated heterocycles. The Morgan fingerprint density at radius 3 is 2.43 bits per heavy atom. The van der Waals surface area contributed by atoms with Crippen LogP contribution in [0.4, 0.5) is 8.78 Å². The van der Waals surface area contributed by atoms with E-state index in [2.05, 4.69) is 5.32 Å². The summed E-state index contributed by atoms with van der Waals surface area (Å²) >= 11 is 0. The monoisotopic (exact) mass is 291 g/mol. The molecule has 0 saturated carbocycles. The van der Waals surface area contributed by atoms with E-state index in [9.17, 15) is 8.78 Å². The van der Waals surface area contributed by atoms with E-state index in [-0.39, 0.29) is 12.1 Å². The highest BCUT2D eigenvalue weighted by Gasteiger charge is 2.23. The number of halogens is 2. The Morgan fingerprint density at radius 2 is 1.81 bits per heavy atom. The number of benzene rings is 2. The minimum absolute atomic E-state index is 0.159. The number of likely N-dealkylation sites (N-methyl/N-ethyl adjacent to an activating group) is 1. The predicted octanol–water partition coefficient (Wildman–Crippen LogP) is 3.48. The van der Waals surface area contributed by atoms with E-state index in [1.807, 2.05) is 30.3 Å². The summed E-state index contributed by atoms with van der Waals surface area (Å²) in [6, 6.07) is 13.1. The van der Waals surface area contributed by atoms with Crippen molar-refractivity contribution in [1.29, 1.82) is 0 Å². The SMILES string of the molecule is CNC(Cc1cc(F)ccc1F)C(OC)c1ccccc1. The highest BCUT2D eigenvalue weighted by Crippen LogP contribution is 2.24. The van der Waals surface area contributed by atoms with Gasteiger partial charge in [-0.3, -0.25) is 0 Å². The van der Waals surface area contributed by atoms with Crippen molar-refractivity contribution in [2.45, 2.75) is 18.6 Å². The van der Waals surface area contributed by atoms with Crippen molar-refractivity contribution < 1.29 is 13.5 Å². The summed E-state index contributed by atoms with van der Waals surface area (Å²) in [6.07, 6.45) is 0.104. The third-order valence-corrected chi connectivity index (χ3v) is 3.57. The first-order valence-corrected chi connectivity index (χ1v) is 6.84. The first-order chi connectivity index (χ1) is 10.2. The molecule has 0 aliphatic heterocycles. The molecule has 0 aliphatic carbocycles. The second kappa shape index (κ2) is 7.29. The average molecular weight is 291 g/mol. The number of methoxy groups -OCH3 is 1. The molecule has 0 spiro atoms. The molecule has 2 aromatic rings. The summed E-state index contributed by atoms with van der Waals surface area (Å²) in [5.41, 5.74) is 1.34. The predicted molar refractivity (Wildman–Crippen MR) is 79.1 cm³/mol. The topological polar surface area (TPSA) is 21.3 Å². The number of rotatable bonds is 6. The second-order valence-corrected chi connectivity index (χ2v) is 4.90. The number of ether oxygens (including phenoxy) is 1. The number of hydrogen-bond acceptors (Lipinski definition) is 2. The summed E-state index contributed by atoms with van der Waals surface area (Å²) in [5.74, 6) is -0.838. The summed E-state index contributed by atoms with van der Waals surface area (Å²) in [4.78, 5) is 0. The highest BCUT2D eigenvalue weighted by atomic mass is 19.1. The lowest BCUT2D eigenvalue weighted by Gasteiger charge is -2.26. The fourth-order valence-corrected chi connectivity index (χ4v) is 2.47. The third-order valence-electron chi connectivity index (χ3n) is 3.57. The maximum atomic E-state index is 13.8. The van der Waals surface area contributed by atoms with Crippen LogP contribution in [0.2, 0.25) is 0 Å². The van der Waals surface area contributed by atoms with Crippen molar-refractivity contribution >= 4 is 0 Å². The van der Waals surface area contributed by atoms with Crippen molar-refractivity contribution in [1.82, 2.24) is 5.32 Å². The molecule has 2 aromatic carbocycles. The molecule has 0 bridgehead atoms. The normalized spacial score (nSPS) is 13.9. The molecule has 2 nitrogen and oxygen atoms in total. The minimum atomic E-state index is -0.435. The molecule has 21 heavy (non-hydrogen) atoms. The van der Waals surface area contributed by atoms with E-state index in [1.165, 1.54) is 6.07 Å². The summed E-state index contributed by atoms with van der Waals surface area (Å²) in [7, 11) is 3.40. The van der Waals surface area contributed by atoms with Gasteiger partial charge in [-0.15, -0.1) is 0 Å². The van der Waals surface area contributed by atoms with Crippen LogP contribution in [0.15, 0.2) is 48.5 Å². The van der Waals surface area contributed by atoms with Crippen LogP contribution in [-0.2, 0) is 11.2 Å². The van der Waals surface area contributed by atoms with Gasteiger partial charge in [0.1, 0.15) is 11.6 Å². The lowest BCUT2D eigenvalue weighted by Crippen LogP contribution is -2.35. The van der Waals surface area contributed by atoms with Gasteiger partial charge in [0.25, 0.3) is 0 Å². The van der Waals surface area contributed by atoms with Gasteiger partial charge in [0.15, 0.2) is 0 Å². The maximum absolute atomic E-state index is 13.8. The Kier molecular flexibility index (Phi) is 5.42. The standard InChI is InChI=1S/C17H19F2NO/c1-20-16(11-13-10-14(18)8-9-15(13)19)17(21-2)12-6-4-3-5-7-12/h3-10,16-17,20H,11H2,1-2H3. The van der Waals surface area contributed by atoms with E-state index in [1.54, 1.807) is 14.2 Å². The van der Waals surface area contributed by atoms with Crippen molar-refractivity contribution in [2.75, 3.05) is 14.2 Å². The maximum Gasteiger partial charge on any atom is 0.126 e. The van der Waals surface area contributed by atoms with Crippen LogP contribution >= 0.6 is 0 Å². The fraction of sp³-hybridized carbons (Fsp3) is 0.294. The zero-order valence-corrected chi connectivity index (χ0v) is 12.1. The van der Waals surface area contributed by atoms with Crippen LogP contribution in [0.3, 0.4) is 0 Å². The Balaban J connectivity index is 2.24. The summed E-state index contributed by atoms with van der Waals surface area (Å²) in [6.45, 7) is 0. The van der Waals surface area contributed by atoms with Gasteiger partial charge in [0, 0.05) is 13.2 Å². The Hall–Kier alpha value is -1.78. The Labute approximate surface area is 123 Å². The molecule has 112 valence electrons. The van der Waals surface area contributed by atoms with Crippen LogP contribution in [0.1, 0.15) is 17.2 Å². The zero-order chi connectivity index (χ0) is 15.2. The Morgan fingerprint density at radius 1 is 1.10 bits per heavy atom. The van der Waals surface area contributed by atoms with Crippen LogP contribution in [0.25, 0.3) is 0 Å². The fourth-order valence-electron chi connectivity index (χ4n) is 2.47. The first kappa shape index (κ1) is 15.6. The van der Waals surface area contributed by atoms with Gasteiger partial charge in [0.05, 0.1) is 6.10 Å². The van der Waals surface area contributed by atoms with Gasteiger partial charge in [0.2, 0.25) is 0 Å². The van der Waals surface area contributed by atoms with Gasteiger partial charge in [-0.2, -0.15) is 0 Å². The van der Waals surface area contributed by atoms with Crippen molar-refractivity contribution in [3.8, 4) is 0 Å². The summed E-state index contributed by atoms with van der Waals surface area (Å²) < 4.78 is 32.6. The van der Waals surface area contributed by atoms with Crippen LogP contribution in [0, 0.1) is 11.6 Å². The number of hydrogen-bond donors (Lipinski definition) is 1. The molecule has 0 heterocycles. The molecule has 1 N–H and O–H groups in total. The molecule has 4 heteroatoms. The van der Waals surface area contributed by atoms with E-state index in [0.29, 0.717) is 12.0 Å². The minimum Gasteiger partial charge on any atom is -0.375 e. The van der Waals surface area contributed by atoms with Gasteiger partial charge in [-0.1, -0.05) is 30.3 Å². The second-order valence-electron chi connectivity index (χ2n) is 4.90. The molecule has 0 aliphatic rings. The highest BCUT2D eigenvalue weighted by molar-refractivity contribution is 5.23. The van der Waals surface area contributed by atoms with Crippen molar-refractivity contribution in [3.05, 3.63) is 71.3 Å². The van der Waals surface area contributed by atoms with E-state index in [0.717, 1.165) is 17.7 Å². The third kappa shape index (κ3) is 3.86. The lowest BCUT2D eigenvalue weighted by atomic mass is 9.95. The molecule has 0 aromatic heterocycles. The molecule has 2 unspecified atom stereocenters. The van der Waals surface area contributed by atoms with Gasteiger partial charge in [-0.25, -0.2) is 8.78 Å². The molecule has 2 atom stereocenters. The van der Waals surface area contributed by atoms with E-state index < -0.39 is 11.6 Å². The largest absolute Gasteiger partial charge is 0.375 e. The van der Waals surface area contributed by atoms with E-state index >= 15 is 0 Å². The van der Waals surface area contributed by atoms with Crippen LogP contribution < -0.4 is 5.32 Å². The Bertz CT molecular complexity index is 574. The summed E-state index contributed by atoms with van der Waals surface area (Å²) in [5, 5.41) is 3.13. The molecular formula is C17H19F2NO. The van der Waals surface area contributed by atoms with Gasteiger partial charge >= 0.3 is 0 Å². The smallest absolute Gasteiger partial charge is 0.126 e. The first-order valence-electron chi connectivity index (χ1n) is 6.84. The van der Waals surface area contributed by atoms with Crippen molar-refractivity contribution in [2.24, 2.45) is 0 Å². The molecule has 0 radical (unpaired) electrons. The molecule has 0 fully saturated rings. The van der Waals surface area contributed by atoms with Crippen molar-refractivity contribution in [3.63, 3.8) is 0 Å². The average Bonchev–Trinajstić information content (AvgIpc) is 2.51. The van der Waals surface area contributed by atoms with Crippen LogP contribution in [0.5, 0.6) is 0 Å². The lowest BCUT2D eigenvalue weighted by molar-refractivity contribution is 0.0701. The molecule has 2 rings (SSSR count). The van der Waals surface area contributed by atoms with Gasteiger partial charge in [-0.05, 0) is 42.8 Å². The molecular weight excluding hydrogens is 272 g/mol.